The molecule has 1 spiro atoms. The average Bonchev–Trinajstić information content (AvgIpc) is 2.74. The van der Waals surface area contributed by atoms with Crippen molar-refractivity contribution in [2.75, 3.05) is 26.3 Å². The van der Waals surface area contributed by atoms with Crippen LogP contribution in [0.3, 0.4) is 0 Å². The van der Waals surface area contributed by atoms with Crippen molar-refractivity contribution in [2.45, 2.75) is 52.1 Å². The van der Waals surface area contributed by atoms with Gasteiger partial charge in [-0.1, -0.05) is 6.92 Å². The molecule has 2 heteroatoms. The van der Waals surface area contributed by atoms with Crippen LogP contribution in [0, 0.1) is 0 Å². The molecule has 0 aromatic rings. The van der Waals surface area contributed by atoms with Gasteiger partial charge in [-0.3, -0.25) is 0 Å². The Labute approximate surface area is 88.5 Å². The Balaban J connectivity index is 2.02. The minimum Gasteiger partial charge on any atom is -0.310 e. The molecule has 2 nitrogen and oxygen atoms in total. The van der Waals surface area contributed by atoms with Crippen molar-refractivity contribution in [3.8, 4) is 0 Å². The second-order valence-electron chi connectivity index (χ2n) is 5.44. The van der Waals surface area contributed by atoms with Crippen molar-refractivity contribution in [3.05, 3.63) is 0 Å². The number of rotatable bonds is 2. The van der Waals surface area contributed by atoms with Crippen LogP contribution in [0.5, 0.6) is 0 Å². The normalized spacial score (nSPS) is 34.1. The van der Waals surface area contributed by atoms with Crippen LogP contribution in [0.2, 0.25) is 0 Å². The van der Waals surface area contributed by atoms with Crippen LogP contribution in [0.1, 0.15) is 40.0 Å². The van der Waals surface area contributed by atoms with E-state index in [9.17, 15) is 0 Å². The molecular weight excluding hydrogens is 172 g/mol. The minimum atomic E-state index is 0.781. The molecule has 82 valence electrons. The molecule has 0 aromatic carbocycles. The second-order valence-corrected chi connectivity index (χ2v) is 5.44. The highest BCUT2D eigenvalue weighted by Gasteiger charge is 2.44. The third kappa shape index (κ3) is 1.70. The zero-order chi connectivity index (χ0) is 10.2. The van der Waals surface area contributed by atoms with E-state index in [1.807, 2.05) is 0 Å². The predicted octanol–water partition coefficient (Wildman–Crippen LogP) is 2.06. The van der Waals surface area contributed by atoms with Gasteiger partial charge in [-0.25, -0.2) is 4.90 Å². The lowest BCUT2D eigenvalue weighted by molar-refractivity contribution is -0.910. The summed E-state index contributed by atoms with van der Waals surface area (Å²) in [5.41, 5.74) is 0. The number of nitrogens with zero attached hydrogens (tertiary/aromatic N) is 2. The topological polar surface area (TPSA) is 3.24 Å². The molecule has 0 radical (unpaired) electrons. The number of hydrogen-bond acceptors (Lipinski definition) is 1. The summed E-state index contributed by atoms with van der Waals surface area (Å²) in [5.74, 6) is 0. The van der Waals surface area contributed by atoms with Gasteiger partial charge in [0.15, 0.2) is 0 Å². The van der Waals surface area contributed by atoms with Gasteiger partial charge in [-0.05, 0) is 20.3 Å². The molecule has 2 aliphatic heterocycles. The third-order valence-corrected chi connectivity index (χ3v) is 4.35. The average molecular weight is 197 g/mol. The Hall–Kier alpha value is -0.0800. The highest BCUT2D eigenvalue weighted by Crippen LogP contribution is 2.29. The smallest absolute Gasteiger partial charge is 0.135 e. The fraction of sp³-hybridized carbons (Fsp3) is 1.00. The predicted molar refractivity (Wildman–Crippen MR) is 60.0 cm³/mol. The molecule has 2 heterocycles. The summed E-state index contributed by atoms with van der Waals surface area (Å²) in [6, 6.07) is 1.59. The lowest BCUT2D eigenvalue weighted by Crippen LogP contribution is -2.45. The van der Waals surface area contributed by atoms with E-state index in [1.165, 1.54) is 50.0 Å². The van der Waals surface area contributed by atoms with Gasteiger partial charge >= 0.3 is 0 Å². The molecule has 0 N–H and O–H groups in total. The van der Waals surface area contributed by atoms with Crippen molar-refractivity contribution in [2.24, 2.45) is 0 Å². The van der Waals surface area contributed by atoms with E-state index in [0.717, 1.165) is 12.1 Å². The van der Waals surface area contributed by atoms with Crippen molar-refractivity contribution in [3.63, 3.8) is 0 Å². The quantitative estimate of drug-likeness (QED) is 0.613. The summed E-state index contributed by atoms with van der Waals surface area (Å²) in [4.78, 5) is 2.73. The van der Waals surface area contributed by atoms with Crippen LogP contribution in [0.15, 0.2) is 0 Å². The van der Waals surface area contributed by atoms with Gasteiger partial charge in [0.05, 0.1) is 25.7 Å². The van der Waals surface area contributed by atoms with E-state index >= 15 is 0 Å². The fourth-order valence-corrected chi connectivity index (χ4v) is 3.35. The monoisotopic (exact) mass is 197 g/mol. The van der Waals surface area contributed by atoms with Gasteiger partial charge in [-0.2, -0.15) is 0 Å². The van der Waals surface area contributed by atoms with Gasteiger partial charge in [0.1, 0.15) is 6.67 Å². The maximum atomic E-state index is 2.73. The molecule has 14 heavy (non-hydrogen) atoms. The summed E-state index contributed by atoms with van der Waals surface area (Å²) in [7, 11) is 0. The molecule has 0 aromatic heterocycles. The lowest BCUT2D eigenvalue weighted by Gasteiger charge is -2.30. The van der Waals surface area contributed by atoms with E-state index in [0.29, 0.717) is 0 Å². The van der Waals surface area contributed by atoms with Crippen LogP contribution in [-0.2, 0) is 0 Å². The number of quaternary nitrogens is 1. The largest absolute Gasteiger partial charge is 0.310 e. The molecule has 0 aliphatic carbocycles. The highest BCUT2D eigenvalue weighted by molar-refractivity contribution is 4.77. The Morgan fingerprint density at radius 3 is 2.57 bits per heavy atom. The summed E-state index contributed by atoms with van der Waals surface area (Å²) >= 11 is 0. The van der Waals surface area contributed by atoms with Crippen LogP contribution in [-0.4, -0.2) is 47.8 Å². The molecule has 0 saturated carbocycles. The first-order valence-electron chi connectivity index (χ1n) is 6.28. The molecule has 2 atom stereocenters. The number of hydrogen-bond donors (Lipinski definition) is 0. The lowest BCUT2D eigenvalue weighted by atomic mass is 10.2. The highest BCUT2D eigenvalue weighted by atomic mass is 15.5. The molecular formula is C12H25N2+. The molecule has 2 fully saturated rings. The van der Waals surface area contributed by atoms with Crippen LogP contribution in [0.4, 0.5) is 0 Å². The molecule has 2 unspecified atom stereocenters. The Bertz CT molecular complexity index is 196. The minimum absolute atomic E-state index is 0.781. The van der Waals surface area contributed by atoms with E-state index in [4.69, 9.17) is 0 Å². The van der Waals surface area contributed by atoms with E-state index in [1.54, 1.807) is 0 Å². The Morgan fingerprint density at radius 2 is 2.00 bits per heavy atom. The van der Waals surface area contributed by atoms with Gasteiger partial charge < -0.3 is 4.48 Å². The van der Waals surface area contributed by atoms with Crippen molar-refractivity contribution < 1.29 is 4.48 Å². The summed E-state index contributed by atoms with van der Waals surface area (Å²) in [5, 5.41) is 0. The van der Waals surface area contributed by atoms with Crippen molar-refractivity contribution in [1.82, 2.24) is 4.90 Å². The SMILES string of the molecule is CCC(C)N1C[N+]2(CCCC2)CC1C. The van der Waals surface area contributed by atoms with Crippen LogP contribution >= 0.6 is 0 Å². The first kappa shape index (κ1) is 10.4. The maximum absolute atomic E-state index is 2.73. The van der Waals surface area contributed by atoms with Gasteiger partial charge in [0, 0.05) is 18.9 Å². The summed E-state index contributed by atoms with van der Waals surface area (Å²) in [6.07, 6.45) is 4.21. The molecule has 0 amide bonds. The summed E-state index contributed by atoms with van der Waals surface area (Å²) < 4.78 is 1.41. The van der Waals surface area contributed by atoms with Crippen LogP contribution < -0.4 is 0 Å². The van der Waals surface area contributed by atoms with E-state index < -0.39 is 0 Å². The van der Waals surface area contributed by atoms with Gasteiger partial charge in [0.25, 0.3) is 0 Å². The molecule has 2 saturated heterocycles. The van der Waals surface area contributed by atoms with Crippen molar-refractivity contribution >= 4 is 0 Å². The first-order valence-corrected chi connectivity index (χ1v) is 6.28. The molecule has 2 aliphatic rings. The molecule has 2 rings (SSSR count). The Kier molecular flexibility index (Phi) is 2.85. The van der Waals surface area contributed by atoms with Crippen LogP contribution in [0.25, 0.3) is 0 Å². The maximum Gasteiger partial charge on any atom is 0.135 e. The second kappa shape index (κ2) is 3.82. The zero-order valence-electron chi connectivity index (χ0n) is 10.00. The first-order chi connectivity index (χ1) is 6.67. The Morgan fingerprint density at radius 1 is 1.36 bits per heavy atom. The zero-order valence-corrected chi connectivity index (χ0v) is 10.00. The van der Waals surface area contributed by atoms with Gasteiger partial charge in [-0.15, -0.1) is 0 Å². The third-order valence-electron chi connectivity index (χ3n) is 4.35. The standard InChI is InChI=1S/C12H25N2/c1-4-11(2)13-10-14(9-12(13)3)7-5-6-8-14/h11-12H,4-10H2,1-3H3/q+1. The van der Waals surface area contributed by atoms with Crippen molar-refractivity contribution in [1.29, 1.82) is 0 Å². The van der Waals surface area contributed by atoms with E-state index in [-0.39, 0.29) is 0 Å². The fourth-order valence-electron chi connectivity index (χ4n) is 3.35. The van der Waals surface area contributed by atoms with E-state index in [2.05, 4.69) is 25.7 Å². The van der Waals surface area contributed by atoms with Gasteiger partial charge in [0.2, 0.25) is 0 Å². The molecule has 0 bridgehead atoms. The summed E-state index contributed by atoms with van der Waals surface area (Å²) in [6.45, 7) is 12.7.